The molecule has 1 atom stereocenters. The van der Waals surface area contributed by atoms with Crippen molar-refractivity contribution in [3.05, 3.63) is 35.4 Å². The van der Waals surface area contributed by atoms with Crippen LogP contribution in [0.1, 0.15) is 36.8 Å². The van der Waals surface area contributed by atoms with Gasteiger partial charge in [0.25, 0.3) is 0 Å². The molecule has 1 aliphatic heterocycles. The quantitative estimate of drug-likeness (QED) is 0.838. The van der Waals surface area contributed by atoms with Crippen LogP contribution in [0.25, 0.3) is 0 Å². The molecule has 1 N–H and O–H groups in total. The number of hydrogen-bond donors (Lipinski definition) is 1. The molecule has 1 fully saturated rings. The zero-order valence-corrected chi connectivity index (χ0v) is 9.83. The molecule has 2 heteroatoms. The lowest BCUT2D eigenvalue weighted by Crippen LogP contribution is -2.07. The number of benzene rings is 1. The highest BCUT2D eigenvalue weighted by atomic mass is 16.1. The number of rotatable bonds is 4. The highest BCUT2D eigenvalue weighted by Gasteiger charge is 2.15. The number of carbonyl (C=O) groups excluding carboxylic acids is 1. The van der Waals surface area contributed by atoms with Crippen LogP contribution in [0, 0.1) is 0 Å². The second-order valence-corrected chi connectivity index (χ2v) is 4.63. The first-order chi connectivity index (χ1) is 7.75. The van der Waals surface area contributed by atoms with Gasteiger partial charge in [-0.3, -0.25) is 0 Å². The fraction of sp³-hybridized carbons (Fsp3) is 0.500. The van der Waals surface area contributed by atoms with Crippen LogP contribution in [0.5, 0.6) is 0 Å². The van der Waals surface area contributed by atoms with Gasteiger partial charge in [-0.05, 0) is 43.4 Å². The van der Waals surface area contributed by atoms with Crippen molar-refractivity contribution >= 4 is 5.78 Å². The molecule has 1 saturated heterocycles. The van der Waals surface area contributed by atoms with Crippen LogP contribution in [0.15, 0.2) is 24.3 Å². The van der Waals surface area contributed by atoms with E-state index in [-0.39, 0.29) is 5.78 Å². The Labute approximate surface area is 97.1 Å². The molecule has 0 bridgehead atoms. The van der Waals surface area contributed by atoms with Gasteiger partial charge in [-0.25, -0.2) is 0 Å². The van der Waals surface area contributed by atoms with Gasteiger partial charge in [0.1, 0.15) is 5.78 Å². The zero-order valence-electron chi connectivity index (χ0n) is 9.83. The molecular weight excluding hydrogens is 198 g/mol. The number of aryl methyl sites for hydroxylation is 1. The fourth-order valence-corrected chi connectivity index (χ4v) is 2.22. The molecule has 1 aliphatic rings. The summed E-state index contributed by atoms with van der Waals surface area (Å²) in [4.78, 5) is 10.9. The second-order valence-electron chi connectivity index (χ2n) is 4.63. The standard InChI is InChI=1S/C14H19NO/c1-11(16)2-3-12-4-6-13(7-5-12)14-8-9-15-10-14/h4-7,14-15H,2-3,8-10H2,1H3. The Kier molecular flexibility index (Phi) is 3.73. The van der Waals surface area contributed by atoms with Gasteiger partial charge in [0.05, 0.1) is 0 Å². The van der Waals surface area contributed by atoms with E-state index in [0.29, 0.717) is 12.3 Å². The molecule has 1 aromatic rings. The van der Waals surface area contributed by atoms with Crippen molar-refractivity contribution in [2.45, 2.75) is 32.1 Å². The molecule has 0 aliphatic carbocycles. The van der Waals surface area contributed by atoms with Gasteiger partial charge < -0.3 is 10.1 Å². The summed E-state index contributed by atoms with van der Waals surface area (Å²) in [6.45, 7) is 3.89. The van der Waals surface area contributed by atoms with Gasteiger partial charge in [0, 0.05) is 13.0 Å². The maximum atomic E-state index is 10.9. The lowest BCUT2D eigenvalue weighted by Gasteiger charge is -2.09. The maximum absolute atomic E-state index is 10.9. The van der Waals surface area contributed by atoms with Crippen molar-refractivity contribution in [1.82, 2.24) is 5.32 Å². The van der Waals surface area contributed by atoms with Crippen LogP contribution >= 0.6 is 0 Å². The average Bonchev–Trinajstić information content (AvgIpc) is 2.80. The molecule has 0 aromatic heterocycles. The highest BCUT2D eigenvalue weighted by Crippen LogP contribution is 2.22. The largest absolute Gasteiger partial charge is 0.316 e. The number of nitrogens with one attached hydrogen (secondary N) is 1. The van der Waals surface area contributed by atoms with Crippen LogP contribution in [-0.4, -0.2) is 18.9 Å². The first-order valence-corrected chi connectivity index (χ1v) is 6.04. The van der Waals surface area contributed by atoms with Crippen LogP contribution in [0.3, 0.4) is 0 Å². The van der Waals surface area contributed by atoms with Crippen LogP contribution < -0.4 is 5.32 Å². The monoisotopic (exact) mass is 217 g/mol. The van der Waals surface area contributed by atoms with Gasteiger partial charge >= 0.3 is 0 Å². The average molecular weight is 217 g/mol. The predicted octanol–water partition coefficient (Wildman–Crippen LogP) is 2.29. The molecule has 2 nitrogen and oxygen atoms in total. The molecule has 86 valence electrons. The summed E-state index contributed by atoms with van der Waals surface area (Å²) in [7, 11) is 0. The van der Waals surface area contributed by atoms with Crippen molar-refractivity contribution in [2.75, 3.05) is 13.1 Å². The summed E-state index contributed by atoms with van der Waals surface area (Å²) >= 11 is 0. The SMILES string of the molecule is CC(=O)CCc1ccc(C2CCNC2)cc1. The van der Waals surface area contributed by atoms with Crippen molar-refractivity contribution in [3.63, 3.8) is 0 Å². The lowest BCUT2D eigenvalue weighted by atomic mass is 9.96. The third-order valence-electron chi connectivity index (χ3n) is 3.28. The van der Waals surface area contributed by atoms with E-state index in [1.54, 1.807) is 6.92 Å². The molecule has 1 heterocycles. The Morgan fingerprint density at radius 3 is 2.69 bits per heavy atom. The Balaban J connectivity index is 1.95. The fourth-order valence-electron chi connectivity index (χ4n) is 2.22. The Morgan fingerprint density at radius 2 is 2.12 bits per heavy atom. The third kappa shape index (κ3) is 2.92. The number of ketones is 1. The topological polar surface area (TPSA) is 29.1 Å². The number of hydrogen-bond acceptors (Lipinski definition) is 2. The molecule has 16 heavy (non-hydrogen) atoms. The van der Waals surface area contributed by atoms with Gasteiger partial charge in [-0.15, -0.1) is 0 Å². The summed E-state index contributed by atoms with van der Waals surface area (Å²) in [5.74, 6) is 0.950. The third-order valence-corrected chi connectivity index (χ3v) is 3.28. The molecule has 0 radical (unpaired) electrons. The first kappa shape index (κ1) is 11.3. The van der Waals surface area contributed by atoms with Crippen LogP contribution in [0.4, 0.5) is 0 Å². The summed E-state index contributed by atoms with van der Waals surface area (Å²) < 4.78 is 0. The minimum Gasteiger partial charge on any atom is -0.316 e. The van der Waals surface area contributed by atoms with Gasteiger partial charge in [-0.2, -0.15) is 0 Å². The minimum atomic E-state index is 0.268. The van der Waals surface area contributed by atoms with E-state index in [1.807, 2.05) is 0 Å². The minimum absolute atomic E-state index is 0.268. The molecular formula is C14H19NO. The second kappa shape index (κ2) is 5.26. The zero-order chi connectivity index (χ0) is 11.4. The van der Waals surface area contributed by atoms with E-state index >= 15 is 0 Å². The summed E-state index contributed by atoms with van der Waals surface area (Å²) in [5, 5.41) is 3.38. The molecule has 1 unspecified atom stereocenters. The predicted molar refractivity (Wildman–Crippen MR) is 65.7 cm³/mol. The van der Waals surface area contributed by atoms with E-state index in [1.165, 1.54) is 17.5 Å². The first-order valence-electron chi connectivity index (χ1n) is 6.04. The molecule has 0 spiro atoms. The van der Waals surface area contributed by atoms with Crippen molar-refractivity contribution in [2.24, 2.45) is 0 Å². The molecule has 0 amide bonds. The Bertz CT molecular complexity index is 350. The highest BCUT2D eigenvalue weighted by molar-refractivity contribution is 5.75. The van der Waals surface area contributed by atoms with Gasteiger partial charge in [-0.1, -0.05) is 24.3 Å². The Hall–Kier alpha value is -1.15. The Morgan fingerprint density at radius 1 is 1.38 bits per heavy atom. The van der Waals surface area contributed by atoms with Crippen LogP contribution in [0.2, 0.25) is 0 Å². The normalized spacial score (nSPS) is 19.9. The maximum Gasteiger partial charge on any atom is 0.130 e. The van der Waals surface area contributed by atoms with E-state index in [4.69, 9.17) is 0 Å². The smallest absolute Gasteiger partial charge is 0.130 e. The van der Waals surface area contributed by atoms with Crippen molar-refractivity contribution in [1.29, 1.82) is 0 Å². The van der Waals surface area contributed by atoms with E-state index in [0.717, 1.165) is 19.5 Å². The molecule has 0 saturated carbocycles. The van der Waals surface area contributed by atoms with Gasteiger partial charge in [0.15, 0.2) is 0 Å². The lowest BCUT2D eigenvalue weighted by molar-refractivity contribution is -0.116. The molecule has 2 rings (SSSR count). The van der Waals surface area contributed by atoms with Crippen LogP contribution in [-0.2, 0) is 11.2 Å². The summed E-state index contributed by atoms with van der Waals surface area (Å²) in [5.41, 5.74) is 2.70. The summed E-state index contributed by atoms with van der Waals surface area (Å²) in [6, 6.07) is 8.76. The number of carbonyl (C=O) groups is 1. The summed E-state index contributed by atoms with van der Waals surface area (Å²) in [6.07, 6.45) is 2.77. The van der Waals surface area contributed by atoms with E-state index in [9.17, 15) is 4.79 Å². The molecule has 1 aromatic carbocycles. The van der Waals surface area contributed by atoms with E-state index in [2.05, 4.69) is 29.6 Å². The van der Waals surface area contributed by atoms with Gasteiger partial charge in [0.2, 0.25) is 0 Å². The number of Topliss-reactive ketones (excluding diaryl/α,β-unsaturated/α-hetero) is 1. The van der Waals surface area contributed by atoms with Crippen molar-refractivity contribution < 1.29 is 4.79 Å². The van der Waals surface area contributed by atoms with E-state index < -0.39 is 0 Å². The van der Waals surface area contributed by atoms with Crippen molar-refractivity contribution in [3.8, 4) is 0 Å².